The summed E-state index contributed by atoms with van der Waals surface area (Å²) in [5.41, 5.74) is 0.374. The maximum Gasteiger partial charge on any atom is 0.338 e. The van der Waals surface area contributed by atoms with Gasteiger partial charge in [-0.3, -0.25) is 9.52 Å². The molecule has 156 valence electrons. The van der Waals surface area contributed by atoms with Gasteiger partial charge in [0, 0.05) is 11.7 Å². The Balaban J connectivity index is 2.06. The fraction of sp³-hybridized carbons (Fsp3) is 0.300. The van der Waals surface area contributed by atoms with E-state index in [0.717, 1.165) is 6.42 Å². The lowest BCUT2D eigenvalue weighted by molar-refractivity contribution is -0.124. The van der Waals surface area contributed by atoms with Crippen LogP contribution < -0.4 is 14.8 Å². The van der Waals surface area contributed by atoms with Gasteiger partial charge in [-0.05, 0) is 55.8 Å². The average Bonchev–Trinajstić information content (AvgIpc) is 2.72. The first-order valence-corrected chi connectivity index (χ1v) is 10.5. The number of methoxy groups -OCH3 is 1. The zero-order chi connectivity index (χ0) is 21.4. The van der Waals surface area contributed by atoms with Crippen LogP contribution in [0.15, 0.2) is 53.4 Å². The highest BCUT2D eigenvalue weighted by atomic mass is 32.2. The monoisotopic (exact) mass is 420 g/mol. The summed E-state index contributed by atoms with van der Waals surface area (Å²) in [4.78, 5) is 23.8. The molecule has 0 fully saturated rings. The van der Waals surface area contributed by atoms with Crippen LogP contribution in [0.3, 0.4) is 0 Å². The van der Waals surface area contributed by atoms with Crippen LogP contribution in [0, 0.1) is 0 Å². The minimum absolute atomic E-state index is 0.0268. The molecule has 0 saturated heterocycles. The van der Waals surface area contributed by atoms with Crippen LogP contribution in [0.4, 0.5) is 5.69 Å². The van der Waals surface area contributed by atoms with E-state index in [1.165, 1.54) is 31.4 Å². The quantitative estimate of drug-likeness (QED) is 0.603. The summed E-state index contributed by atoms with van der Waals surface area (Å²) < 4.78 is 37.6. The van der Waals surface area contributed by atoms with Crippen molar-refractivity contribution in [2.75, 3.05) is 18.4 Å². The summed E-state index contributed by atoms with van der Waals surface area (Å²) in [7, 11) is -2.41. The van der Waals surface area contributed by atoms with E-state index in [0.29, 0.717) is 11.4 Å². The van der Waals surface area contributed by atoms with Crippen LogP contribution in [-0.4, -0.2) is 40.1 Å². The van der Waals surface area contributed by atoms with Gasteiger partial charge in [0.1, 0.15) is 5.75 Å². The van der Waals surface area contributed by atoms with Crippen LogP contribution in [-0.2, 0) is 19.6 Å². The number of benzene rings is 2. The molecule has 2 aromatic rings. The zero-order valence-corrected chi connectivity index (χ0v) is 17.3. The maximum absolute atomic E-state index is 12.6. The minimum Gasteiger partial charge on any atom is -0.497 e. The van der Waals surface area contributed by atoms with Gasteiger partial charge < -0.3 is 14.8 Å². The molecule has 0 heterocycles. The minimum atomic E-state index is -3.92. The molecule has 8 nitrogen and oxygen atoms in total. The van der Waals surface area contributed by atoms with Crippen LogP contribution >= 0.6 is 0 Å². The molecule has 0 aliphatic carbocycles. The molecule has 0 unspecified atom stereocenters. The van der Waals surface area contributed by atoms with Crippen molar-refractivity contribution in [3.63, 3.8) is 0 Å². The largest absolute Gasteiger partial charge is 0.497 e. The highest BCUT2D eigenvalue weighted by Crippen LogP contribution is 2.20. The van der Waals surface area contributed by atoms with Gasteiger partial charge in [0.2, 0.25) is 0 Å². The van der Waals surface area contributed by atoms with E-state index in [9.17, 15) is 18.0 Å². The van der Waals surface area contributed by atoms with Crippen molar-refractivity contribution >= 4 is 27.6 Å². The standard InChI is InChI=1S/C20H24N2O6S/c1-4-14(2)21-19(23)13-28-20(24)15-6-5-7-18(12-15)29(25,26)22-16-8-10-17(27-3)11-9-16/h5-12,14,22H,4,13H2,1-3H3,(H,21,23)/t14-/m0/s1. The van der Waals surface area contributed by atoms with Crippen molar-refractivity contribution in [2.24, 2.45) is 0 Å². The van der Waals surface area contributed by atoms with Crippen molar-refractivity contribution in [1.82, 2.24) is 5.32 Å². The van der Waals surface area contributed by atoms with Gasteiger partial charge in [0.05, 0.1) is 17.6 Å². The van der Waals surface area contributed by atoms with Gasteiger partial charge in [-0.1, -0.05) is 13.0 Å². The first-order valence-electron chi connectivity index (χ1n) is 8.98. The topological polar surface area (TPSA) is 111 Å². The number of esters is 1. The van der Waals surface area contributed by atoms with Crippen molar-refractivity contribution in [3.05, 3.63) is 54.1 Å². The number of carbonyl (C=O) groups excluding carboxylic acids is 2. The van der Waals surface area contributed by atoms with E-state index in [2.05, 4.69) is 10.0 Å². The first-order chi connectivity index (χ1) is 13.7. The molecular formula is C20H24N2O6S. The average molecular weight is 420 g/mol. The third kappa shape index (κ3) is 6.49. The second-order valence-electron chi connectivity index (χ2n) is 6.31. The summed E-state index contributed by atoms with van der Waals surface area (Å²) in [6.45, 7) is 3.32. The number of hydrogen-bond acceptors (Lipinski definition) is 6. The van der Waals surface area contributed by atoms with E-state index >= 15 is 0 Å². The third-order valence-electron chi connectivity index (χ3n) is 4.08. The fourth-order valence-corrected chi connectivity index (χ4v) is 3.40. The number of amides is 1. The Morgan fingerprint density at radius 2 is 1.79 bits per heavy atom. The highest BCUT2D eigenvalue weighted by molar-refractivity contribution is 7.92. The van der Waals surface area contributed by atoms with Gasteiger partial charge in [-0.2, -0.15) is 0 Å². The Kier molecular flexibility index (Phi) is 7.60. The zero-order valence-electron chi connectivity index (χ0n) is 16.5. The second kappa shape index (κ2) is 9.92. The van der Waals surface area contributed by atoms with Crippen molar-refractivity contribution in [3.8, 4) is 5.75 Å². The Labute approximate surface area is 170 Å². The molecule has 9 heteroatoms. The van der Waals surface area contributed by atoms with E-state index in [1.807, 2.05) is 13.8 Å². The van der Waals surface area contributed by atoms with E-state index in [1.54, 1.807) is 24.3 Å². The molecule has 29 heavy (non-hydrogen) atoms. The Morgan fingerprint density at radius 1 is 1.10 bits per heavy atom. The number of nitrogens with one attached hydrogen (secondary N) is 2. The molecule has 0 aliphatic rings. The van der Waals surface area contributed by atoms with Crippen molar-refractivity contribution in [2.45, 2.75) is 31.2 Å². The molecule has 0 aromatic heterocycles. The number of ether oxygens (including phenoxy) is 2. The molecule has 0 spiro atoms. The van der Waals surface area contributed by atoms with Crippen molar-refractivity contribution < 1.29 is 27.5 Å². The van der Waals surface area contributed by atoms with Gasteiger partial charge >= 0.3 is 5.97 Å². The van der Waals surface area contributed by atoms with Gasteiger partial charge in [0.15, 0.2) is 6.61 Å². The summed E-state index contributed by atoms with van der Waals surface area (Å²) in [6, 6.07) is 11.7. The van der Waals surface area contributed by atoms with Gasteiger partial charge in [-0.15, -0.1) is 0 Å². The molecule has 1 amide bonds. The molecule has 0 radical (unpaired) electrons. The lowest BCUT2D eigenvalue weighted by atomic mass is 10.2. The number of anilines is 1. The Hall–Kier alpha value is -3.07. The van der Waals surface area contributed by atoms with Crippen molar-refractivity contribution in [1.29, 1.82) is 0 Å². The number of carbonyl (C=O) groups is 2. The summed E-state index contributed by atoms with van der Waals surface area (Å²) >= 11 is 0. The predicted octanol–water partition coefficient (Wildman–Crippen LogP) is 2.57. The van der Waals surface area contributed by atoms with Gasteiger partial charge in [-0.25, -0.2) is 13.2 Å². The molecule has 2 rings (SSSR count). The lowest BCUT2D eigenvalue weighted by Crippen LogP contribution is -2.35. The second-order valence-corrected chi connectivity index (χ2v) is 8.00. The third-order valence-corrected chi connectivity index (χ3v) is 5.46. The Morgan fingerprint density at radius 3 is 2.41 bits per heavy atom. The smallest absolute Gasteiger partial charge is 0.338 e. The van der Waals surface area contributed by atoms with Gasteiger partial charge in [0.25, 0.3) is 15.9 Å². The number of hydrogen-bond donors (Lipinski definition) is 2. The summed E-state index contributed by atoms with van der Waals surface area (Å²) in [5, 5.41) is 2.68. The first kappa shape index (κ1) is 22.2. The lowest BCUT2D eigenvalue weighted by Gasteiger charge is -2.12. The fourth-order valence-electron chi connectivity index (χ4n) is 2.30. The number of sulfonamides is 1. The SMILES string of the molecule is CC[C@H](C)NC(=O)COC(=O)c1cccc(S(=O)(=O)Nc2ccc(OC)cc2)c1. The van der Waals surface area contributed by atoms with E-state index in [4.69, 9.17) is 9.47 Å². The number of rotatable bonds is 9. The molecule has 0 bridgehead atoms. The highest BCUT2D eigenvalue weighted by Gasteiger charge is 2.18. The maximum atomic E-state index is 12.6. The van der Waals surface area contributed by atoms with Crippen LogP contribution in [0.5, 0.6) is 5.75 Å². The van der Waals surface area contributed by atoms with Crippen LogP contribution in [0.2, 0.25) is 0 Å². The summed E-state index contributed by atoms with van der Waals surface area (Å²) in [6.07, 6.45) is 0.751. The normalized spacial score (nSPS) is 12.0. The molecule has 2 aromatic carbocycles. The Bertz CT molecular complexity index is 957. The van der Waals surface area contributed by atoms with E-state index < -0.39 is 28.5 Å². The molecule has 0 aliphatic heterocycles. The van der Waals surface area contributed by atoms with Crippen LogP contribution in [0.1, 0.15) is 30.6 Å². The van der Waals surface area contributed by atoms with E-state index in [-0.39, 0.29) is 16.5 Å². The predicted molar refractivity (Wildman–Crippen MR) is 108 cm³/mol. The molecule has 2 N–H and O–H groups in total. The molecule has 1 atom stereocenters. The molecular weight excluding hydrogens is 396 g/mol. The summed E-state index contributed by atoms with van der Waals surface area (Å²) in [5.74, 6) is -0.612. The molecule has 0 saturated carbocycles. The van der Waals surface area contributed by atoms with Crippen LogP contribution in [0.25, 0.3) is 0 Å².